The fraction of sp³-hybridized carbons (Fsp3) is 0.143. The molecule has 3 rings (SSSR count). The molecule has 0 saturated heterocycles. The van der Waals surface area contributed by atoms with Gasteiger partial charge in [-0.05, 0) is 41.3 Å². The lowest BCUT2D eigenvalue weighted by molar-refractivity contribution is -0.117. The van der Waals surface area contributed by atoms with Crippen molar-refractivity contribution in [2.24, 2.45) is 0 Å². The van der Waals surface area contributed by atoms with Crippen molar-refractivity contribution in [3.8, 4) is 10.7 Å². The SMILES string of the molecule is Cc1ccc(NC(=O)Cn2nnc(-c3cccs3)n2)cc1Cl. The molecule has 3 aromatic rings. The van der Waals surface area contributed by atoms with Crippen molar-refractivity contribution >= 4 is 34.5 Å². The summed E-state index contributed by atoms with van der Waals surface area (Å²) in [6.45, 7) is 1.89. The predicted molar refractivity (Wildman–Crippen MR) is 85.9 cm³/mol. The van der Waals surface area contributed by atoms with Crippen molar-refractivity contribution in [3.63, 3.8) is 0 Å². The molecule has 0 unspecified atom stereocenters. The van der Waals surface area contributed by atoms with Gasteiger partial charge in [0.1, 0.15) is 6.54 Å². The van der Waals surface area contributed by atoms with Crippen LogP contribution in [0.5, 0.6) is 0 Å². The average molecular weight is 334 g/mol. The number of hydrogen-bond acceptors (Lipinski definition) is 5. The summed E-state index contributed by atoms with van der Waals surface area (Å²) in [6.07, 6.45) is 0. The van der Waals surface area contributed by atoms with E-state index in [-0.39, 0.29) is 12.5 Å². The topological polar surface area (TPSA) is 72.7 Å². The Hall–Kier alpha value is -2.25. The van der Waals surface area contributed by atoms with E-state index in [1.807, 2.05) is 30.5 Å². The number of anilines is 1. The Balaban J connectivity index is 1.65. The standard InChI is InChI=1S/C14H12ClN5OS/c1-9-4-5-10(7-11(9)15)16-13(21)8-20-18-14(17-19-20)12-3-2-6-22-12/h2-7H,8H2,1H3,(H,16,21). The van der Waals surface area contributed by atoms with Crippen molar-refractivity contribution < 1.29 is 4.79 Å². The van der Waals surface area contributed by atoms with Crippen LogP contribution in [-0.2, 0) is 11.3 Å². The molecule has 0 aliphatic rings. The Kier molecular flexibility index (Phi) is 4.17. The van der Waals surface area contributed by atoms with Gasteiger partial charge in [-0.15, -0.1) is 21.5 Å². The Bertz CT molecular complexity index is 799. The van der Waals surface area contributed by atoms with E-state index in [1.165, 1.54) is 16.1 Å². The Labute approximate surface area is 135 Å². The maximum absolute atomic E-state index is 12.0. The summed E-state index contributed by atoms with van der Waals surface area (Å²) in [6, 6.07) is 9.17. The van der Waals surface area contributed by atoms with E-state index in [0.717, 1.165) is 10.4 Å². The molecule has 112 valence electrons. The number of aromatic nitrogens is 4. The molecule has 0 saturated carbocycles. The van der Waals surface area contributed by atoms with Crippen LogP contribution in [0.2, 0.25) is 5.02 Å². The van der Waals surface area contributed by atoms with Gasteiger partial charge in [-0.3, -0.25) is 4.79 Å². The number of aryl methyl sites for hydroxylation is 1. The number of halogens is 1. The molecular formula is C14H12ClN5OS. The van der Waals surface area contributed by atoms with Crippen LogP contribution in [0, 0.1) is 6.92 Å². The van der Waals surface area contributed by atoms with E-state index >= 15 is 0 Å². The Morgan fingerprint density at radius 2 is 2.27 bits per heavy atom. The fourth-order valence-corrected chi connectivity index (χ4v) is 2.64. The van der Waals surface area contributed by atoms with Crippen LogP contribution in [0.15, 0.2) is 35.7 Å². The van der Waals surface area contributed by atoms with Crippen LogP contribution in [-0.4, -0.2) is 26.1 Å². The summed E-state index contributed by atoms with van der Waals surface area (Å²) in [5.74, 6) is 0.274. The van der Waals surface area contributed by atoms with Gasteiger partial charge < -0.3 is 5.32 Å². The summed E-state index contributed by atoms with van der Waals surface area (Å²) in [4.78, 5) is 14.2. The van der Waals surface area contributed by atoms with Gasteiger partial charge in [-0.1, -0.05) is 23.7 Å². The molecule has 8 heteroatoms. The Morgan fingerprint density at radius 3 is 3.00 bits per heavy atom. The molecule has 2 heterocycles. The smallest absolute Gasteiger partial charge is 0.248 e. The monoisotopic (exact) mass is 333 g/mol. The maximum Gasteiger partial charge on any atom is 0.248 e. The highest BCUT2D eigenvalue weighted by atomic mass is 35.5. The molecule has 0 bridgehead atoms. The second kappa shape index (κ2) is 6.25. The van der Waals surface area contributed by atoms with E-state index < -0.39 is 0 Å². The third kappa shape index (κ3) is 3.32. The molecule has 0 aliphatic heterocycles. The lowest BCUT2D eigenvalue weighted by Crippen LogP contribution is -2.20. The highest BCUT2D eigenvalue weighted by Crippen LogP contribution is 2.20. The fourth-order valence-electron chi connectivity index (χ4n) is 1.81. The van der Waals surface area contributed by atoms with E-state index in [9.17, 15) is 4.79 Å². The molecule has 0 radical (unpaired) electrons. The third-order valence-electron chi connectivity index (χ3n) is 2.94. The third-order valence-corrected chi connectivity index (χ3v) is 4.21. The number of carbonyl (C=O) groups is 1. The van der Waals surface area contributed by atoms with Gasteiger partial charge in [0.05, 0.1) is 4.88 Å². The molecule has 0 aliphatic carbocycles. The van der Waals surface area contributed by atoms with Crippen molar-refractivity contribution in [1.29, 1.82) is 0 Å². The lowest BCUT2D eigenvalue weighted by atomic mass is 10.2. The number of tetrazole rings is 1. The van der Waals surface area contributed by atoms with Gasteiger partial charge in [0, 0.05) is 10.7 Å². The van der Waals surface area contributed by atoms with E-state index in [0.29, 0.717) is 16.5 Å². The first-order valence-corrected chi connectivity index (χ1v) is 7.75. The number of nitrogens with one attached hydrogen (secondary N) is 1. The van der Waals surface area contributed by atoms with Crippen molar-refractivity contribution in [2.75, 3.05) is 5.32 Å². The number of nitrogens with zero attached hydrogens (tertiary/aromatic N) is 4. The normalized spacial score (nSPS) is 10.6. The van der Waals surface area contributed by atoms with E-state index in [1.54, 1.807) is 12.1 Å². The van der Waals surface area contributed by atoms with Gasteiger partial charge >= 0.3 is 0 Å². The zero-order valence-corrected chi connectivity index (χ0v) is 13.2. The minimum atomic E-state index is -0.241. The summed E-state index contributed by atoms with van der Waals surface area (Å²) in [7, 11) is 0. The highest BCUT2D eigenvalue weighted by Gasteiger charge is 2.10. The molecule has 1 aromatic carbocycles. The first kappa shape index (κ1) is 14.7. The zero-order chi connectivity index (χ0) is 15.5. The van der Waals surface area contributed by atoms with Gasteiger partial charge in [-0.25, -0.2) is 0 Å². The minimum Gasteiger partial charge on any atom is -0.324 e. The second-order valence-electron chi connectivity index (χ2n) is 4.63. The van der Waals surface area contributed by atoms with Crippen LogP contribution in [0.25, 0.3) is 10.7 Å². The van der Waals surface area contributed by atoms with E-state index in [2.05, 4.69) is 20.7 Å². The molecule has 2 aromatic heterocycles. The van der Waals surface area contributed by atoms with Crippen molar-refractivity contribution in [3.05, 3.63) is 46.3 Å². The summed E-state index contributed by atoms with van der Waals surface area (Å²) in [5.41, 5.74) is 1.59. The highest BCUT2D eigenvalue weighted by molar-refractivity contribution is 7.13. The minimum absolute atomic E-state index is 0.0100. The average Bonchev–Trinajstić information content (AvgIpc) is 3.13. The zero-order valence-electron chi connectivity index (χ0n) is 11.7. The van der Waals surface area contributed by atoms with Crippen molar-refractivity contribution in [1.82, 2.24) is 20.2 Å². The summed E-state index contributed by atoms with van der Waals surface area (Å²) < 4.78 is 0. The van der Waals surface area contributed by atoms with Gasteiger partial charge in [0.2, 0.25) is 11.7 Å². The number of amides is 1. The lowest BCUT2D eigenvalue weighted by Gasteiger charge is -2.06. The van der Waals surface area contributed by atoms with E-state index in [4.69, 9.17) is 11.6 Å². The quantitative estimate of drug-likeness (QED) is 0.796. The number of carbonyl (C=O) groups excluding carboxylic acids is 1. The molecule has 6 nitrogen and oxygen atoms in total. The van der Waals surface area contributed by atoms with Crippen LogP contribution >= 0.6 is 22.9 Å². The molecule has 1 N–H and O–H groups in total. The largest absolute Gasteiger partial charge is 0.324 e. The predicted octanol–water partition coefficient (Wildman–Crippen LogP) is 3.00. The number of benzene rings is 1. The van der Waals surface area contributed by atoms with Gasteiger partial charge in [0.15, 0.2) is 0 Å². The maximum atomic E-state index is 12.0. The molecule has 1 amide bonds. The van der Waals surface area contributed by atoms with Crippen LogP contribution in [0.3, 0.4) is 0 Å². The molecule has 0 spiro atoms. The molecular weight excluding hydrogens is 322 g/mol. The Morgan fingerprint density at radius 1 is 1.41 bits per heavy atom. The number of rotatable bonds is 4. The molecule has 22 heavy (non-hydrogen) atoms. The number of hydrogen-bond donors (Lipinski definition) is 1. The van der Waals surface area contributed by atoms with Crippen molar-refractivity contribution in [2.45, 2.75) is 13.5 Å². The summed E-state index contributed by atoms with van der Waals surface area (Å²) >= 11 is 7.55. The first-order chi connectivity index (χ1) is 10.6. The van der Waals surface area contributed by atoms with Crippen LogP contribution in [0.4, 0.5) is 5.69 Å². The first-order valence-electron chi connectivity index (χ1n) is 6.49. The molecule has 0 atom stereocenters. The van der Waals surface area contributed by atoms with Gasteiger partial charge in [-0.2, -0.15) is 4.80 Å². The molecule has 0 fully saturated rings. The second-order valence-corrected chi connectivity index (χ2v) is 5.99. The van der Waals surface area contributed by atoms with Crippen LogP contribution < -0.4 is 5.32 Å². The number of thiophene rings is 1. The summed E-state index contributed by atoms with van der Waals surface area (Å²) in [5, 5.41) is 17.3. The van der Waals surface area contributed by atoms with Gasteiger partial charge in [0.25, 0.3) is 0 Å². The van der Waals surface area contributed by atoms with Crippen LogP contribution in [0.1, 0.15) is 5.56 Å².